The van der Waals surface area contributed by atoms with Gasteiger partial charge in [0.2, 0.25) is 0 Å². The molecule has 0 rings (SSSR count). The van der Waals surface area contributed by atoms with Gasteiger partial charge in [-0.25, -0.2) is 0 Å². The van der Waals surface area contributed by atoms with Crippen LogP contribution in [0.2, 0.25) is 0 Å². The summed E-state index contributed by atoms with van der Waals surface area (Å²) in [6.45, 7) is 6.22. The van der Waals surface area contributed by atoms with Gasteiger partial charge in [-0.15, -0.1) is 0 Å². The highest BCUT2D eigenvalue weighted by Gasteiger charge is 2.19. The summed E-state index contributed by atoms with van der Waals surface area (Å²) in [6.07, 6.45) is 66.3. The second-order valence-electron chi connectivity index (χ2n) is 15.3. The zero-order chi connectivity index (χ0) is 44.4. The number of rotatable bonds is 41. The summed E-state index contributed by atoms with van der Waals surface area (Å²) in [6, 6.07) is 0. The van der Waals surface area contributed by atoms with Crippen LogP contribution in [0.25, 0.3) is 0 Å². The number of hydrogen-bond donors (Lipinski definition) is 0. The van der Waals surface area contributed by atoms with E-state index in [1.807, 2.05) is 6.08 Å². The summed E-state index contributed by atoms with van der Waals surface area (Å²) < 4.78 is 16.6. The van der Waals surface area contributed by atoms with Gasteiger partial charge in [0.05, 0.1) is 6.42 Å². The molecule has 0 radical (unpaired) electrons. The van der Waals surface area contributed by atoms with E-state index in [2.05, 4.69) is 130 Å². The summed E-state index contributed by atoms with van der Waals surface area (Å²) in [7, 11) is 0. The van der Waals surface area contributed by atoms with Gasteiger partial charge in [-0.3, -0.25) is 14.4 Å². The molecule has 0 aliphatic rings. The third-order valence-electron chi connectivity index (χ3n) is 9.46. The number of carbonyl (C=O) groups is 3. The Labute approximate surface area is 373 Å². The van der Waals surface area contributed by atoms with Crippen molar-refractivity contribution in [3.8, 4) is 0 Å². The van der Waals surface area contributed by atoms with Gasteiger partial charge in [0, 0.05) is 12.8 Å². The Kier molecular flexibility index (Phi) is 45.1. The Balaban J connectivity index is 4.61. The van der Waals surface area contributed by atoms with Crippen LogP contribution in [0, 0.1) is 0 Å². The predicted molar refractivity (Wildman–Crippen MR) is 260 cm³/mol. The number of esters is 3. The molecule has 0 saturated carbocycles. The zero-order valence-corrected chi connectivity index (χ0v) is 38.9. The molecule has 0 aromatic carbocycles. The molecule has 1 atom stereocenters. The first-order valence-electron chi connectivity index (χ1n) is 24.0. The Morgan fingerprint density at radius 3 is 1.16 bits per heavy atom. The molecule has 0 aliphatic carbocycles. The number of carbonyl (C=O) groups excluding carboxylic acids is 3. The van der Waals surface area contributed by atoms with E-state index in [-0.39, 0.29) is 38.0 Å². The Bertz CT molecular complexity index is 1340. The van der Waals surface area contributed by atoms with Crippen molar-refractivity contribution >= 4 is 17.9 Å². The lowest BCUT2D eigenvalue weighted by Gasteiger charge is -2.18. The first kappa shape index (κ1) is 56.8. The Morgan fingerprint density at radius 1 is 0.361 bits per heavy atom. The second-order valence-corrected chi connectivity index (χ2v) is 15.3. The lowest BCUT2D eigenvalue weighted by atomic mass is 10.1. The van der Waals surface area contributed by atoms with E-state index < -0.39 is 12.1 Å². The molecule has 0 amide bonds. The van der Waals surface area contributed by atoms with Crippen LogP contribution in [0.3, 0.4) is 0 Å². The Hall–Kier alpha value is -4.19. The standard InChI is InChI=1S/C55H86O6/c1-4-7-10-13-16-19-22-25-27-30-33-36-39-42-45-48-54(57)60-51-52(50-59-53(56)47-44-41-38-35-32-29-24-21-18-15-12-9-6-3)61-55(58)49-46-43-40-37-34-31-28-26-23-20-17-14-11-8-5-2/h7,9-10,12,16-21,25-29,32-33,36,42,45,52H,4-6,8,11,13-15,22-24,30-31,34-35,37-41,43-44,46-51H2,1-3H3/b10-7-,12-9-,19-16-,20-17-,21-18-,27-25-,28-26-,32-29-,36-33-,45-42-. The van der Waals surface area contributed by atoms with Crippen LogP contribution in [0.15, 0.2) is 122 Å². The van der Waals surface area contributed by atoms with E-state index in [1.54, 1.807) is 6.08 Å². The van der Waals surface area contributed by atoms with Gasteiger partial charge in [0.25, 0.3) is 0 Å². The zero-order valence-electron chi connectivity index (χ0n) is 38.9. The van der Waals surface area contributed by atoms with Crippen LogP contribution in [-0.2, 0) is 28.6 Å². The molecular weight excluding hydrogens is 757 g/mol. The van der Waals surface area contributed by atoms with Crippen molar-refractivity contribution in [2.75, 3.05) is 13.2 Å². The van der Waals surface area contributed by atoms with Crippen molar-refractivity contribution in [2.45, 2.75) is 194 Å². The summed E-state index contributed by atoms with van der Waals surface area (Å²) >= 11 is 0. The van der Waals surface area contributed by atoms with Crippen molar-refractivity contribution < 1.29 is 28.6 Å². The molecule has 6 nitrogen and oxygen atoms in total. The van der Waals surface area contributed by atoms with Crippen molar-refractivity contribution in [2.24, 2.45) is 0 Å². The van der Waals surface area contributed by atoms with Crippen LogP contribution in [0.5, 0.6) is 0 Å². The maximum absolute atomic E-state index is 12.8. The average molecular weight is 843 g/mol. The molecule has 1 unspecified atom stereocenters. The number of allylic oxidation sites excluding steroid dienone is 19. The second kappa shape index (κ2) is 48.5. The van der Waals surface area contributed by atoms with E-state index in [1.165, 1.54) is 25.7 Å². The van der Waals surface area contributed by atoms with Crippen LogP contribution in [-0.4, -0.2) is 37.2 Å². The number of ether oxygens (including phenoxy) is 3. The van der Waals surface area contributed by atoms with Crippen molar-refractivity contribution in [1.29, 1.82) is 0 Å². The maximum Gasteiger partial charge on any atom is 0.309 e. The summed E-state index contributed by atoms with van der Waals surface area (Å²) in [5.74, 6) is -1.12. The van der Waals surface area contributed by atoms with Crippen LogP contribution in [0.4, 0.5) is 0 Å². The van der Waals surface area contributed by atoms with Crippen LogP contribution >= 0.6 is 0 Å². The van der Waals surface area contributed by atoms with Gasteiger partial charge >= 0.3 is 17.9 Å². The van der Waals surface area contributed by atoms with E-state index >= 15 is 0 Å². The fourth-order valence-electron chi connectivity index (χ4n) is 5.91. The summed E-state index contributed by atoms with van der Waals surface area (Å²) in [4.78, 5) is 37.8. The van der Waals surface area contributed by atoms with Gasteiger partial charge in [-0.1, -0.05) is 181 Å². The van der Waals surface area contributed by atoms with Gasteiger partial charge < -0.3 is 14.2 Å². The molecule has 342 valence electrons. The molecule has 0 aromatic heterocycles. The fraction of sp³-hybridized carbons (Fsp3) is 0.582. The highest BCUT2D eigenvalue weighted by Crippen LogP contribution is 2.11. The molecule has 0 saturated heterocycles. The van der Waals surface area contributed by atoms with Gasteiger partial charge in [-0.2, -0.15) is 0 Å². The third kappa shape index (κ3) is 46.7. The molecule has 0 spiro atoms. The predicted octanol–water partition coefficient (Wildman–Crippen LogP) is 15.7. The topological polar surface area (TPSA) is 78.9 Å². The van der Waals surface area contributed by atoms with E-state index in [4.69, 9.17) is 14.2 Å². The average Bonchev–Trinajstić information content (AvgIpc) is 3.26. The molecule has 0 aliphatic heterocycles. The van der Waals surface area contributed by atoms with Gasteiger partial charge in [-0.05, 0) is 109 Å². The number of unbranched alkanes of at least 4 members (excludes halogenated alkanes) is 11. The highest BCUT2D eigenvalue weighted by atomic mass is 16.6. The monoisotopic (exact) mass is 843 g/mol. The van der Waals surface area contributed by atoms with Crippen LogP contribution in [0.1, 0.15) is 188 Å². The van der Waals surface area contributed by atoms with Gasteiger partial charge in [0.1, 0.15) is 13.2 Å². The number of hydrogen-bond acceptors (Lipinski definition) is 6. The van der Waals surface area contributed by atoms with Crippen molar-refractivity contribution in [1.82, 2.24) is 0 Å². The normalized spacial score (nSPS) is 13.2. The lowest BCUT2D eigenvalue weighted by Crippen LogP contribution is -2.30. The first-order chi connectivity index (χ1) is 30.0. The minimum Gasteiger partial charge on any atom is -0.462 e. The molecular formula is C55H86O6. The van der Waals surface area contributed by atoms with Gasteiger partial charge in [0.15, 0.2) is 6.10 Å². The van der Waals surface area contributed by atoms with E-state index in [0.29, 0.717) is 6.42 Å². The molecule has 0 aromatic rings. The minimum atomic E-state index is -0.839. The molecule has 0 heterocycles. The smallest absolute Gasteiger partial charge is 0.309 e. The largest absolute Gasteiger partial charge is 0.462 e. The van der Waals surface area contributed by atoms with Crippen molar-refractivity contribution in [3.05, 3.63) is 122 Å². The SMILES string of the molecule is CC/C=C\C/C=C\C/C=C\C/C=C\C/C=C\CC(=O)OCC(COC(=O)CCCCC/C=C\C/C=C\C/C=C\CC)OC(=O)CCCCCCC/C=C\C/C=C\CCCCC. The summed E-state index contributed by atoms with van der Waals surface area (Å²) in [5.41, 5.74) is 0. The highest BCUT2D eigenvalue weighted by molar-refractivity contribution is 5.72. The first-order valence-corrected chi connectivity index (χ1v) is 24.0. The molecule has 61 heavy (non-hydrogen) atoms. The van der Waals surface area contributed by atoms with Crippen LogP contribution < -0.4 is 0 Å². The maximum atomic E-state index is 12.8. The van der Waals surface area contributed by atoms with E-state index in [9.17, 15) is 14.4 Å². The fourth-order valence-corrected chi connectivity index (χ4v) is 5.91. The Morgan fingerprint density at radius 2 is 0.705 bits per heavy atom. The third-order valence-corrected chi connectivity index (χ3v) is 9.46. The molecule has 0 fully saturated rings. The molecule has 0 N–H and O–H groups in total. The summed E-state index contributed by atoms with van der Waals surface area (Å²) in [5, 5.41) is 0. The van der Waals surface area contributed by atoms with E-state index in [0.717, 1.165) is 122 Å². The minimum absolute atomic E-state index is 0.114. The molecule has 6 heteroatoms. The quantitative estimate of drug-likeness (QED) is 0.0264. The van der Waals surface area contributed by atoms with Crippen molar-refractivity contribution in [3.63, 3.8) is 0 Å². The molecule has 0 bridgehead atoms. The lowest BCUT2D eigenvalue weighted by molar-refractivity contribution is -0.166.